The number of thioether (sulfide) groups is 1. The quantitative estimate of drug-likeness (QED) is 0.804. The smallest absolute Gasteiger partial charge is 0.225 e. The standard InChI is InChI=1S/C17H25N3O2S2/c1-23-11-15-19-13(10-24-15)6-7-18-17(22)12-8-16(21)20(9-12)14-4-2-3-5-14/h10,12,14H,2-9,11H2,1H3,(H,18,22)/t12-/m0/s1. The van der Waals surface area contributed by atoms with Gasteiger partial charge in [-0.2, -0.15) is 11.8 Å². The van der Waals surface area contributed by atoms with E-state index in [0.29, 0.717) is 25.6 Å². The Balaban J connectivity index is 1.42. The molecule has 1 aromatic heterocycles. The first-order chi connectivity index (χ1) is 11.7. The van der Waals surface area contributed by atoms with Gasteiger partial charge in [0.1, 0.15) is 5.01 Å². The summed E-state index contributed by atoms with van der Waals surface area (Å²) in [7, 11) is 0. The number of rotatable bonds is 7. The topological polar surface area (TPSA) is 62.3 Å². The number of aromatic nitrogens is 1. The van der Waals surface area contributed by atoms with Crippen molar-refractivity contribution in [3.63, 3.8) is 0 Å². The summed E-state index contributed by atoms with van der Waals surface area (Å²) in [4.78, 5) is 31.0. The molecule has 0 aromatic carbocycles. The number of carbonyl (C=O) groups excluding carboxylic acids is 2. The molecule has 1 aliphatic carbocycles. The maximum Gasteiger partial charge on any atom is 0.225 e. The molecule has 1 saturated carbocycles. The second-order valence-electron chi connectivity index (χ2n) is 6.59. The van der Waals surface area contributed by atoms with Crippen LogP contribution in [0.5, 0.6) is 0 Å². The molecule has 3 rings (SSSR count). The summed E-state index contributed by atoms with van der Waals surface area (Å²) in [5.74, 6) is 0.936. The summed E-state index contributed by atoms with van der Waals surface area (Å²) in [6, 6.07) is 0.375. The van der Waals surface area contributed by atoms with Gasteiger partial charge in [0.2, 0.25) is 11.8 Å². The average Bonchev–Trinajstić information content (AvgIpc) is 3.28. The van der Waals surface area contributed by atoms with E-state index in [1.54, 1.807) is 23.1 Å². The molecule has 0 spiro atoms. The second-order valence-corrected chi connectivity index (χ2v) is 8.40. The van der Waals surface area contributed by atoms with Crippen LogP contribution in [-0.2, 0) is 21.8 Å². The third-order valence-electron chi connectivity index (χ3n) is 4.84. The van der Waals surface area contributed by atoms with Crippen LogP contribution in [0.4, 0.5) is 0 Å². The number of nitrogens with zero attached hydrogens (tertiary/aromatic N) is 2. The molecule has 0 radical (unpaired) electrons. The minimum absolute atomic E-state index is 0.0170. The number of amides is 2. The highest BCUT2D eigenvalue weighted by Crippen LogP contribution is 2.29. The Morgan fingerprint density at radius 1 is 1.46 bits per heavy atom. The number of nitrogens with one attached hydrogen (secondary N) is 1. The number of likely N-dealkylation sites (tertiary alicyclic amines) is 1. The molecule has 1 atom stereocenters. The summed E-state index contributed by atoms with van der Waals surface area (Å²) in [5.41, 5.74) is 1.04. The molecule has 2 fully saturated rings. The van der Waals surface area contributed by atoms with Crippen molar-refractivity contribution in [1.82, 2.24) is 15.2 Å². The van der Waals surface area contributed by atoms with Gasteiger partial charge in [0, 0.05) is 43.1 Å². The molecule has 7 heteroatoms. The van der Waals surface area contributed by atoms with E-state index in [-0.39, 0.29) is 17.7 Å². The van der Waals surface area contributed by atoms with E-state index < -0.39 is 0 Å². The maximum absolute atomic E-state index is 12.3. The molecule has 2 aliphatic rings. The summed E-state index contributed by atoms with van der Waals surface area (Å²) in [5, 5.41) is 6.19. The van der Waals surface area contributed by atoms with Crippen LogP contribution in [-0.4, -0.2) is 47.1 Å². The second kappa shape index (κ2) is 8.34. The van der Waals surface area contributed by atoms with Crippen LogP contribution in [0.3, 0.4) is 0 Å². The van der Waals surface area contributed by atoms with E-state index in [4.69, 9.17) is 0 Å². The summed E-state index contributed by atoms with van der Waals surface area (Å²) in [6.07, 6.45) is 7.80. The molecule has 1 saturated heterocycles. The minimum atomic E-state index is -0.180. The Hall–Kier alpha value is -1.08. The Kier molecular flexibility index (Phi) is 6.16. The van der Waals surface area contributed by atoms with Crippen LogP contribution in [0.1, 0.15) is 42.8 Å². The van der Waals surface area contributed by atoms with E-state index in [1.165, 1.54) is 12.8 Å². The fourth-order valence-electron chi connectivity index (χ4n) is 3.59. The van der Waals surface area contributed by atoms with Crippen molar-refractivity contribution in [3.05, 3.63) is 16.1 Å². The van der Waals surface area contributed by atoms with Gasteiger partial charge in [-0.1, -0.05) is 12.8 Å². The molecule has 0 unspecified atom stereocenters. The van der Waals surface area contributed by atoms with E-state index in [1.807, 2.05) is 4.90 Å². The highest BCUT2D eigenvalue weighted by atomic mass is 32.2. The normalized spacial score (nSPS) is 21.6. The van der Waals surface area contributed by atoms with Crippen LogP contribution < -0.4 is 5.32 Å². The van der Waals surface area contributed by atoms with E-state index in [0.717, 1.165) is 35.7 Å². The summed E-state index contributed by atoms with van der Waals surface area (Å²) in [6.45, 7) is 1.19. The zero-order chi connectivity index (χ0) is 16.9. The Bertz CT molecular complexity index is 584. The predicted molar refractivity (Wildman–Crippen MR) is 98.1 cm³/mol. The average molecular weight is 368 g/mol. The highest BCUT2D eigenvalue weighted by molar-refractivity contribution is 7.97. The fraction of sp³-hybridized carbons (Fsp3) is 0.706. The monoisotopic (exact) mass is 367 g/mol. The Morgan fingerprint density at radius 3 is 3.00 bits per heavy atom. The van der Waals surface area contributed by atoms with E-state index >= 15 is 0 Å². The van der Waals surface area contributed by atoms with Crippen LogP contribution >= 0.6 is 23.1 Å². The van der Waals surface area contributed by atoms with Crippen molar-refractivity contribution in [2.45, 2.75) is 50.3 Å². The van der Waals surface area contributed by atoms with Crippen molar-refractivity contribution in [3.8, 4) is 0 Å². The largest absolute Gasteiger partial charge is 0.355 e. The Morgan fingerprint density at radius 2 is 2.25 bits per heavy atom. The van der Waals surface area contributed by atoms with Gasteiger partial charge in [-0.15, -0.1) is 11.3 Å². The molecule has 0 bridgehead atoms. The van der Waals surface area contributed by atoms with Gasteiger partial charge in [0.25, 0.3) is 0 Å². The molecule has 1 aromatic rings. The van der Waals surface area contributed by atoms with E-state index in [9.17, 15) is 9.59 Å². The SMILES string of the molecule is CSCc1nc(CCNC(=O)[C@H]2CC(=O)N(C3CCCC3)C2)cs1. The summed E-state index contributed by atoms with van der Waals surface area (Å²) < 4.78 is 0. The van der Waals surface area contributed by atoms with Gasteiger partial charge in [-0.3, -0.25) is 9.59 Å². The molecule has 2 amide bonds. The van der Waals surface area contributed by atoms with Gasteiger partial charge in [0.15, 0.2) is 0 Å². The third-order valence-corrected chi connectivity index (χ3v) is 6.48. The zero-order valence-electron chi connectivity index (χ0n) is 14.1. The number of hydrogen-bond donors (Lipinski definition) is 1. The lowest BCUT2D eigenvalue weighted by molar-refractivity contribution is -0.130. The van der Waals surface area contributed by atoms with Crippen molar-refractivity contribution >= 4 is 34.9 Å². The predicted octanol–water partition coefficient (Wildman–Crippen LogP) is 2.46. The third kappa shape index (κ3) is 4.30. The van der Waals surface area contributed by atoms with Crippen LogP contribution in [0.2, 0.25) is 0 Å². The van der Waals surface area contributed by atoms with Crippen molar-refractivity contribution in [2.75, 3.05) is 19.3 Å². The fourth-order valence-corrected chi connectivity index (χ4v) is 5.14. The van der Waals surface area contributed by atoms with Crippen LogP contribution in [0.15, 0.2) is 5.38 Å². The van der Waals surface area contributed by atoms with Crippen molar-refractivity contribution < 1.29 is 9.59 Å². The molecule has 132 valence electrons. The van der Waals surface area contributed by atoms with Gasteiger partial charge >= 0.3 is 0 Å². The van der Waals surface area contributed by atoms with Gasteiger partial charge in [-0.05, 0) is 19.1 Å². The lowest BCUT2D eigenvalue weighted by atomic mass is 10.1. The first kappa shape index (κ1) is 17.7. The zero-order valence-corrected chi connectivity index (χ0v) is 15.8. The minimum Gasteiger partial charge on any atom is -0.355 e. The molecular weight excluding hydrogens is 342 g/mol. The molecule has 24 heavy (non-hydrogen) atoms. The van der Waals surface area contributed by atoms with Crippen molar-refractivity contribution in [1.29, 1.82) is 0 Å². The molecule has 5 nitrogen and oxygen atoms in total. The maximum atomic E-state index is 12.3. The van der Waals surface area contributed by atoms with Crippen molar-refractivity contribution in [2.24, 2.45) is 5.92 Å². The van der Waals surface area contributed by atoms with Crippen LogP contribution in [0, 0.1) is 5.92 Å². The Labute approximate surface area is 151 Å². The number of carbonyl (C=O) groups is 2. The number of thiazole rings is 1. The first-order valence-corrected chi connectivity index (χ1v) is 10.9. The van der Waals surface area contributed by atoms with Gasteiger partial charge in [-0.25, -0.2) is 4.98 Å². The van der Waals surface area contributed by atoms with E-state index in [2.05, 4.69) is 21.9 Å². The van der Waals surface area contributed by atoms with Gasteiger partial charge in [0.05, 0.1) is 11.6 Å². The van der Waals surface area contributed by atoms with Crippen LogP contribution in [0.25, 0.3) is 0 Å². The molecule has 1 aliphatic heterocycles. The van der Waals surface area contributed by atoms with Gasteiger partial charge < -0.3 is 10.2 Å². The summed E-state index contributed by atoms with van der Waals surface area (Å²) >= 11 is 3.44. The number of hydrogen-bond acceptors (Lipinski definition) is 5. The lowest BCUT2D eigenvalue weighted by Crippen LogP contribution is -2.37. The lowest BCUT2D eigenvalue weighted by Gasteiger charge is -2.23. The molecular formula is C17H25N3O2S2. The molecule has 2 heterocycles. The first-order valence-electron chi connectivity index (χ1n) is 8.66. The highest BCUT2D eigenvalue weighted by Gasteiger charge is 2.38. The molecule has 1 N–H and O–H groups in total.